The summed E-state index contributed by atoms with van der Waals surface area (Å²) in [4.78, 5) is 16.5. The van der Waals surface area contributed by atoms with E-state index in [0.29, 0.717) is 16.1 Å². The lowest BCUT2D eigenvalue weighted by molar-refractivity contribution is 0.104. The first-order chi connectivity index (χ1) is 9.27. The van der Waals surface area contributed by atoms with Crippen LogP contribution in [0, 0.1) is 0 Å². The molecule has 0 atom stereocenters. The zero-order valence-electron chi connectivity index (χ0n) is 10.0. The second-order valence-corrected chi connectivity index (χ2v) is 4.62. The normalized spacial score (nSPS) is 10.6. The van der Waals surface area contributed by atoms with Gasteiger partial charge in [-0.05, 0) is 16.8 Å². The molecule has 3 heteroatoms. The lowest BCUT2D eigenvalue weighted by Gasteiger charge is -2.06. The van der Waals surface area contributed by atoms with E-state index < -0.39 is 0 Å². The Labute approximate surface area is 115 Å². The molecule has 2 nitrogen and oxygen atoms in total. The fraction of sp³-hybridized carbons (Fsp3) is 0. The van der Waals surface area contributed by atoms with Crippen LogP contribution >= 0.6 is 11.6 Å². The van der Waals surface area contributed by atoms with E-state index in [-0.39, 0.29) is 5.78 Å². The van der Waals surface area contributed by atoms with Crippen LogP contribution in [-0.2, 0) is 0 Å². The highest BCUT2D eigenvalue weighted by Gasteiger charge is 2.14. The Bertz CT molecular complexity index is 762. The number of fused-ring (bicyclic) bond motifs is 1. The number of benzene rings is 2. The lowest BCUT2D eigenvalue weighted by atomic mass is 9.98. The average molecular weight is 268 g/mol. The smallest absolute Gasteiger partial charge is 0.195 e. The Hall–Kier alpha value is -2.19. The van der Waals surface area contributed by atoms with Crippen LogP contribution in [0.25, 0.3) is 10.8 Å². The number of carbonyl (C=O) groups excluding carboxylic acids is 1. The second-order valence-electron chi connectivity index (χ2n) is 4.21. The average Bonchev–Trinajstić information content (AvgIpc) is 2.46. The molecule has 2 aromatic carbocycles. The minimum atomic E-state index is -0.0794. The molecule has 0 fully saturated rings. The third kappa shape index (κ3) is 2.11. The largest absolute Gasteiger partial charge is 0.289 e. The summed E-state index contributed by atoms with van der Waals surface area (Å²) in [7, 11) is 0. The molecule has 0 saturated carbocycles. The molecule has 1 heterocycles. The predicted molar refractivity (Wildman–Crippen MR) is 76.6 cm³/mol. The van der Waals surface area contributed by atoms with Crippen LogP contribution in [0.3, 0.4) is 0 Å². The van der Waals surface area contributed by atoms with Crippen LogP contribution in [0.2, 0.25) is 5.02 Å². The number of nitrogens with zero attached hydrogens (tertiary/aromatic N) is 1. The van der Waals surface area contributed by atoms with Crippen molar-refractivity contribution in [3.05, 3.63) is 77.1 Å². The second kappa shape index (κ2) is 4.82. The van der Waals surface area contributed by atoms with Crippen molar-refractivity contribution in [1.82, 2.24) is 4.98 Å². The van der Waals surface area contributed by atoms with Crippen molar-refractivity contribution in [1.29, 1.82) is 0 Å². The van der Waals surface area contributed by atoms with Gasteiger partial charge >= 0.3 is 0 Å². The van der Waals surface area contributed by atoms with Gasteiger partial charge in [0.05, 0.1) is 5.02 Å². The van der Waals surface area contributed by atoms with Crippen molar-refractivity contribution in [2.24, 2.45) is 0 Å². The van der Waals surface area contributed by atoms with Gasteiger partial charge in [0.2, 0.25) is 0 Å². The predicted octanol–water partition coefficient (Wildman–Crippen LogP) is 4.12. The topological polar surface area (TPSA) is 30.0 Å². The number of carbonyl (C=O) groups is 1. The van der Waals surface area contributed by atoms with E-state index in [0.717, 1.165) is 10.8 Å². The number of halogens is 1. The highest BCUT2D eigenvalue weighted by atomic mass is 35.5. The van der Waals surface area contributed by atoms with Crippen molar-refractivity contribution < 1.29 is 4.79 Å². The highest BCUT2D eigenvalue weighted by molar-refractivity contribution is 6.35. The maximum absolute atomic E-state index is 12.6. The summed E-state index contributed by atoms with van der Waals surface area (Å²) in [6.45, 7) is 0. The molecule has 0 unspecified atom stereocenters. The van der Waals surface area contributed by atoms with E-state index in [1.54, 1.807) is 12.3 Å². The summed E-state index contributed by atoms with van der Waals surface area (Å²) in [6, 6.07) is 15.1. The van der Waals surface area contributed by atoms with E-state index in [2.05, 4.69) is 4.98 Å². The van der Waals surface area contributed by atoms with E-state index in [1.165, 1.54) is 6.20 Å². The first-order valence-corrected chi connectivity index (χ1v) is 6.27. The van der Waals surface area contributed by atoms with E-state index >= 15 is 0 Å². The third-order valence-electron chi connectivity index (χ3n) is 3.05. The lowest BCUT2D eigenvalue weighted by Crippen LogP contribution is -2.03. The fourth-order valence-electron chi connectivity index (χ4n) is 2.13. The quantitative estimate of drug-likeness (QED) is 0.654. The summed E-state index contributed by atoms with van der Waals surface area (Å²) in [6.07, 6.45) is 3.06. The molecule has 0 spiro atoms. The van der Waals surface area contributed by atoms with Crippen LogP contribution < -0.4 is 0 Å². The van der Waals surface area contributed by atoms with Gasteiger partial charge < -0.3 is 0 Å². The van der Waals surface area contributed by atoms with Gasteiger partial charge in [-0.3, -0.25) is 9.78 Å². The van der Waals surface area contributed by atoms with Crippen LogP contribution in [0.15, 0.2) is 60.9 Å². The van der Waals surface area contributed by atoms with E-state index in [1.807, 2.05) is 42.5 Å². The van der Waals surface area contributed by atoms with Gasteiger partial charge in [-0.25, -0.2) is 0 Å². The molecule has 1 aromatic heterocycles. The van der Waals surface area contributed by atoms with Gasteiger partial charge in [-0.2, -0.15) is 0 Å². The standard InChI is InChI=1S/C16H10ClNO/c17-15-10-18-9-8-14(15)16(19)13-7-3-5-11-4-1-2-6-12(11)13/h1-10H. The molecule has 3 aromatic rings. The number of rotatable bonds is 2. The van der Waals surface area contributed by atoms with Gasteiger partial charge in [0.1, 0.15) is 0 Å². The molecule has 0 aliphatic heterocycles. The molecule has 92 valence electrons. The minimum Gasteiger partial charge on any atom is -0.289 e. The van der Waals surface area contributed by atoms with Gasteiger partial charge in [-0.1, -0.05) is 54.1 Å². The molecule has 0 amide bonds. The molecular formula is C16H10ClNO. The minimum absolute atomic E-state index is 0.0794. The zero-order chi connectivity index (χ0) is 13.2. The van der Waals surface area contributed by atoms with Crippen molar-refractivity contribution in [2.75, 3.05) is 0 Å². The summed E-state index contributed by atoms with van der Waals surface area (Å²) >= 11 is 6.04. The first kappa shape index (κ1) is 11.9. The van der Waals surface area contributed by atoms with Crippen LogP contribution in [0.1, 0.15) is 15.9 Å². The molecule has 0 N–H and O–H groups in total. The fourth-order valence-corrected chi connectivity index (χ4v) is 2.33. The van der Waals surface area contributed by atoms with E-state index in [4.69, 9.17) is 11.6 Å². The third-order valence-corrected chi connectivity index (χ3v) is 3.35. The van der Waals surface area contributed by atoms with Crippen LogP contribution in [0.4, 0.5) is 0 Å². The van der Waals surface area contributed by atoms with Crippen molar-refractivity contribution in [3.8, 4) is 0 Å². The summed E-state index contributed by atoms with van der Waals surface area (Å²) < 4.78 is 0. The molecule has 3 rings (SSSR count). The van der Waals surface area contributed by atoms with E-state index in [9.17, 15) is 4.79 Å². The maximum atomic E-state index is 12.6. The molecule has 0 bridgehead atoms. The summed E-state index contributed by atoms with van der Waals surface area (Å²) in [5.41, 5.74) is 1.14. The van der Waals surface area contributed by atoms with Crippen molar-refractivity contribution in [2.45, 2.75) is 0 Å². The Kier molecular flexibility index (Phi) is 3.02. The molecular weight excluding hydrogens is 258 g/mol. The SMILES string of the molecule is O=C(c1ccncc1Cl)c1cccc2ccccc12. The number of hydrogen-bond donors (Lipinski definition) is 0. The summed E-state index contributed by atoms with van der Waals surface area (Å²) in [5, 5.41) is 2.35. The molecule has 0 aliphatic carbocycles. The number of pyridine rings is 1. The molecule has 19 heavy (non-hydrogen) atoms. The van der Waals surface area contributed by atoms with Gasteiger partial charge in [0.25, 0.3) is 0 Å². The first-order valence-electron chi connectivity index (χ1n) is 5.89. The Morgan fingerprint density at radius 3 is 2.58 bits per heavy atom. The summed E-state index contributed by atoms with van der Waals surface area (Å²) in [5.74, 6) is -0.0794. The van der Waals surface area contributed by atoms with Gasteiger partial charge in [0, 0.05) is 23.5 Å². The molecule has 0 aliphatic rings. The van der Waals surface area contributed by atoms with Gasteiger partial charge in [0.15, 0.2) is 5.78 Å². The Morgan fingerprint density at radius 1 is 0.947 bits per heavy atom. The zero-order valence-corrected chi connectivity index (χ0v) is 10.8. The van der Waals surface area contributed by atoms with Gasteiger partial charge in [-0.15, -0.1) is 0 Å². The monoisotopic (exact) mass is 267 g/mol. The molecule has 0 saturated heterocycles. The van der Waals surface area contributed by atoms with Crippen LogP contribution in [-0.4, -0.2) is 10.8 Å². The number of hydrogen-bond acceptors (Lipinski definition) is 2. The van der Waals surface area contributed by atoms with Crippen molar-refractivity contribution >= 4 is 28.2 Å². The van der Waals surface area contributed by atoms with Crippen LogP contribution in [0.5, 0.6) is 0 Å². The highest BCUT2D eigenvalue weighted by Crippen LogP contribution is 2.24. The van der Waals surface area contributed by atoms with Crippen molar-refractivity contribution in [3.63, 3.8) is 0 Å². The Balaban J connectivity index is 2.20. The Morgan fingerprint density at radius 2 is 1.74 bits per heavy atom. The maximum Gasteiger partial charge on any atom is 0.195 e. The molecule has 0 radical (unpaired) electrons. The number of ketones is 1. The number of aromatic nitrogens is 1.